The third-order valence-electron chi connectivity index (χ3n) is 5.03. The first-order chi connectivity index (χ1) is 14.9. The van der Waals surface area contributed by atoms with Gasteiger partial charge in [-0.3, -0.25) is 14.5 Å². The monoisotopic (exact) mass is 413 g/mol. The van der Waals surface area contributed by atoms with E-state index in [9.17, 15) is 14.0 Å². The third-order valence-corrected chi connectivity index (χ3v) is 5.03. The minimum atomic E-state index is -0.342. The molecule has 5 nitrogen and oxygen atoms in total. The average Bonchev–Trinajstić information content (AvgIpc) is 3.11. The molecule has 0 unspecified atom stereocenters. The normalized spacial score (nSPS) is 14.7. The lowest BCUT2D eigenvalue weighted by molar-refractivity contribution is -0.116. The van der Waals surface area contributed by atoms with E-state index in [0.717, 1.165) is 11.3 Å². The Hall–Kier alpha value is -4.06. The maximum Gasteiger partial charge on any atom is 0.282 e. The minimum Gasteiger partial charge on any atom is -0.316 e. The summed E-state index contributed by atoms with van der Waals surface area (Å²) >= 11 is 0. The molecule has 2 amide bonds. The molecular formula is C25H20FN3O2. The van der Waals surface area contributed by atoms with Crippen LogP contribution in [0.25, 0.3) is 6.08 Å². The number of amides is 2. The highest BCUT2D eigenvalue weighted by atomic mass is 19.1. The van der Waals surface area contributed by atoms with Crippen molar-refractivity contribution in [2.75, 3.05) is 16.8 Å². The van der Waals surface area contributed by atoms with E-state index in [1.165, 1.54) is 24.0 Å². The van der Waals surface area contributed by atoms with Gasteiger partial charge in [0.05, 0.1) is 5.69 Å². The van der Waals surface area contributed by atoms with Crippen LogP contribution in [0.3, 0.4) is 0 Å². The summed E-state index contributed by atoms with van der Waals surface area (Å²) < 4.78 is 13.2. The van der Waals surface area contributed by atoms with Gasteiger partial charge < -0.3 is 4.90 Å². The predicted octanol–water partition coefficient (Wildman–Crippen LogP) is 4.64. The second-order valence-electron chi connectivity index (χ2n) is 7.12. The second kappa shape index (κ2) is 8.36. The van der Waals surface area contributed by atoms with Crippen LogP contribution in [0.2, 0.25) is 0 Å². The summed E-state index contributed by atoms with van der Waals surface area (Å²) in [6.45, 7) is 1.49. The highest BCUT2D eigenvalue weighted by Gasteiger charge is 2.32. The molecule has 0 saturated carbocycles. The second-order valence-corrected chi connectivity index (χ2v) is 7.12. The zero-order valence-electron chi connectivity index (χ0n) is 17.1. The largest absolute Gasteiger partial charge is 0.316 e. The quantitative estimate of drug-likeness (QED) is 0.585. The number of aliphatic imine (C=N–C) groups is 1. The van der Waals surface area contributed by atoms with Gasteiger partial charge >= 0.3 is 0 Å². The van der Waals surface area contributed by atoms with Crippen LogP contribution in [0, 0.1) is 5.82 Å². The van der Waals surface area contributed by atoms with Gasteiger partial charge in [0.15, 0.2) is 0 Å². The molecule has 0 fully saturated rings. The Bertz CT molecular complexity index is 1180. The highest BCUT2D eigenvalue weighted by Crippen LogP contribution is 2.29. The standard InChI is InChI=1S/C25H20FN3O2/c1-17(30)28(2)21-12-14-22(15-13-21)29-24(19-6-4-3-5-7-19)27-23(25(29)31)16-18-8-10-20(26)11-9-18/h3-16H,1-2H3. The van der Waals surface area contributed by atoms with Crippen molar-refractivity contribution >= 4 is 35.1 Å². The van der Waals surface area contributed by atoms with Gasteiger partial charge in [0.2, 0.25) is 5.91 Å². The van der Waals surface area contributed by atoms with Gasteiger partial charge in [-0.2, -0.15) is 0 Å². The number of hydrogen-bond acceptors (Lipinski definition) is 3. The molecule has 1 aliphatic rings. The molecule has 1 aliphatic heterocycles. The molecule has 3 aromatic rings. The fourth-order valence-corrected chi connectivity index (χ4v) is 3.26. The van der Waals surface area contributed by atoms with Gasteiger partial charge in [-0.05, 0) is 48.0 Å². The Kier molecular flexibility index (Phi) is 5.45. The van der Waals surface area contributed by atoms with Crippen LogP contribution in [-0.2, 0) is 9.59 Å². The SMILES string of the molecule is CC(=O)N(C)c1ccc(N2C(=O)C(=Cc3ccc(F)cc3)N=C2c2ccccc2)cc1. The molecule has 0 spiro atoms. The first-order valence-electron chi connectivity index (χ1n) is 9.74. The third kappa shape index (κ3) is 4.14. The summed E-state index contributed by atoms with van der Waals surface area (Å²) in [5, 5.41) is 0. The number of carbonyl (C=O) groups is 2. The summed E-state index contributed by atoms with van der Waals surface area (Å²) in [6, 6.07) is 22.5. The van der Waals surface area contributed by atoms with Crippen molar-refractivity contribution in [2.45, 2.75) is 6.92 Å². The fraction of sp³-hybridized carbons (Fsp3) is 0.0800. The topological polar surface area (TPSA) is 53.0 Å². The van der Waals surface area contributed by atoms with E-state index in [4.69, 9.17) is 0 Å². The van der Waals surface area contributed by atoms with E-state index in [0.29, 0.717) is 17.1 Å². The van der Waals surface area contributed by atoms with Crippen LogP contribution in [0.15, 0.2) is 89.6 Å². The predicted molar refractivity (Wildman–Crippen MR) is 120 cm³/mol. The molecule has 0 atom stereocenters. The summed E-state index contributed by atoms with van der Waals surface area (Å²) in [6.07, 6.45) is 1.64. The van der Waals surface area contributed by atoms with E-state index in [-0.39, 0.29) is 23.3 Å². The van der Waals surface area contributed by atoms with Gasteiger partial charge in [-0.25, -0.2) is 9.38 Å². The van der Waals surface area contributed by atoms with E-state index in [2.05, 4.69) is 4.99 Å². The molecule has 3 aromatic carbocycles. The molecule has 4 rings (SSSR count). The molecule has 0 N–H and O–H groups in total. The Labute approximate surface area is 179 Å². The van der Waals surface area contributed by atoms with Crippen LogP contribution in [0.4, 0.5) is 15.8 Å². The molecule has 31 heavy (non-hydrogen) atoms. The molecule has 0 bridgehead atoms. The van der Waals surface area contributed by atoms with Crippen molar-refractivity contribution in [1.82, 2.24) is 0 Å². The number of amidine groups is 1. The van der Waals surface area contributed by atoms with Crippen molar-refractivity contribution in [3.8, 4) is 0 Å². The summed E-state index contributed by atoms with van der Waals surface area (Å²) in [4.78, 5) is 32.6. The van der Waals surface area contributed by atoms with Gasteiger partial charge in [0, 0.05) is 25.2 Å². The molecule has 0 aliphatic carbocycles. The average molecular weight is 413 g/mol. The van der Waals surface area contributed by atoms with Crippen LogP contribution in [0.5, 0.6) is 0 Å². The molecule has 0 aromatic heterocycles. The molecule has 1 heterocycles. The molecule has 6 heteroatoms. The number of benzene rings is 3. The number of carbonyl (C=O) groups excluding carboxylic acids is 2. The van der Waals surface area contributed by atoms with Crippen molar-refractivity contribution < 1.29 is 14.0 Å². The maximum atomic E-state index is 13.3. The summed E-state index contributed by atoms with van der Waals surface area (Å²) in [5.74, 6) is -0.200. The van der Waals surface area contributed by atoms with Crippen molar-refractivity contribution in [3.05, 3.63) is 102 Å². The maximum absolute atomic E-state index is 13.3. The molecular weight excluding hydrogens is 393 g/mol. The van der Waals surface area contributed by atoms with Gasteiger partial charge in [-0.15, -0.1) is 0 Å². The zero-order valence-corrected chi connectivity index (χ0v) is 17.1. The summed E-state index contributed by atoms with van der Waals surface area (Å²) in [5.41, 5.74) is 3.10. The van der Waals surface area contributed by atoms with Gasteiger partial charge in [0.1, 0.15) is 17.3 Å². The Morgan fingerprint density at radius 3 is 2.23 bits per heavy atom. The highest BCUT2D eigenvalue weighted by molar-refractivity contribution is 6.33. The Balaban J connectivity index is 1.75. The molecule has 0 radical (unpaired) electrons. The number of anilines is 2. The molecule has 0 saturated heterocycles. The zero-order chi connectivity index (χ0) is 22.0. The van der Waals surface area contributed by atoms with Gasteiger partial charge in [0.25, 0.3) is 5.91 Å². The lowest BCUT2D eigenvalue weighted by atomic mass is 10.1. The van der Waals surface area contributed by atoms with Crippen LogP contribution >= 0.6 is 0 Å². The lowest BCUT2D eigenvalue weighted by Crippen LogP contribution is -2.32. The smallest absolute Gasteiger partial charge is 0.282 e. The minimum absolute atomic E-state index is 0.0824. The lowest BCUT2D eigenvalue weighted by Gasteiger charge is -2.20. The van der Waals surface area contributed by atoms with Crippen molar-refractivity contribution in [1.29, 1.82) is 0 Å². The first kappa shape index (κ1) is 20.2. The number of halogens is 1. The van der Waals surface area contributed by atoms with Gasteiger partial charge in [-0.1, -0.05) is 42.5 Å². The van der Waals surface area contributed by atoms with E-state index >= 15 is 0 Å². The number of hydrogen-bond donors (Lipinski definition) is 0. The molecule has 154 valence electrons. The Morgan fingerprint density at radius 1 is 0.968 bits per heavy atom. The first-order valence-corrected chi connectivity index (χ1v) is 9.74. The van der Waals surface area contributed by atoms with E-state index < -0.39 is 0 Å². The van der Waals surface area contributed by atoms with Crippen LogP contribution in [0.1, 0.15) is 18.1 Å². The van der Waals surface area contributed by atoms with E-state index in [1.54, 1.807) is 54.4 Å². The number of nitrogens with zero attached hydrogens (tertiary/aromatic N) is 3. The fourth-order valence-electron chi connectivity index (χ4n) is 3.26. The van der Waals surface area contributed by atoms with Crippen LogP contribution in [-0.4, -0.2) is 24.7 Å². The Morgan fingerprint density at radius 2 is 1.61 bits per heavy atom. The van der Waals surface area contributed by atoms with Crippen molar-refractivity contribution in [2.24, 2.45) is 4.99 Å². The van der Waals surface area contributed by atoms with E-state index in [1.807, 2.05) is 30.3 Å². The summed E-state index contributed by atoms with van der Waals surface area (Å²) in [7, 11) is 1.69. The van der Waals surface area contributed by atoms with Crippen LogP contribution < -0.4 is 9.80 Å². The van der Waals surface area contributed by atoms with Crippen molar-refractivity contribution in [3.63, 3.8) is 0 Å². The number of rotatable bonds is 4.